The van der Waals surface area contributed by atoms with Crippen LogP contribution in [0.5, 0.6) is 0 Å². The van der Waals surface area contributed by atoms with Crippen molar-refractivity contribution in [1.82, 2.24) is 20.2 Å². The second kappa shape index (κ2) is 7.44. The number of anilines is 1. The molecule has 0 unspecified atom stereocenters. The number of thiazole rings is 1. The summed E-state index contributed by atoms with van der Waals surface area (Å²) in [5, 5.41) is 10.9. The average molecular weight is 400 g/mol. The van der Waals surface area contributed by atoms with Gasteiger partial charge in [-0.1, -0.05) is 31.7 Å². The molecule has 3 aromatic rings. The minimum absolute atomic E-state index is 0.0897. The Bertz CT molecular complexity index is 978. The van der Waals surface area contributed by atoms with Crippen molar-refractivity contribution in [1.29, 1.82) is 0 Å². The lowest BCUT2D eigenvalue weighted by Gasteiger charge is -2.17. The molecule has 1 N–H and O–H groups in total. The number of rotatable bonds is 5. The SMILES string of the molecule is Cc1nc(-c2ccc3c(c2)CCN3C(=O)CSc2n[nH]c(C(C)C)n2)cs1. The van der Waals surface area contributed by atoms with Gasteiger partial charge in [0.1, 0.15) is 5.82 Å². The summed E-state index contributed by atoms with van der Waals surface area (Å²) >= 11 is 3.03. The highest BCUT2D eigenvalue weighted by atomic mass is 32.2. The number of carbonyl (C=O) groups is 1. The van der Waals surface area contributed by atoms with E-state index in [1.807, 2.05) is 17.9 Å². The molecule has 8 heteroatoms. The van der Waals surface area contributed by atoms with E-state index in [-0.39, 0.29) is 5.91 Å². The van der Waals surface area contributed by atoms with E-state index in [2.05, 4.69) is 51.5 Å². The summed E-state index contributed by atoms with van der Waals surface area (Å²) < 4.78 is 0. The number of aromatic nitrogens is 4. The highest BCUT2D eigenvalue weighted by molar-refractivity contribution is 7.99. The van der Waals surface area contributed by atoms with Crippen molar-refractivity contribution >= 4 is 34.7 Å². The molecule has 0 bridgehead atoms. The van der Waals surface area contributed by atoms with Gasteiger partial charge in [0.2, 0.25) is 11.1 Å². The van der Waals surface area contributed by atoms with Gasteiger partial charge in [-0.15, -0.1) is 16.4 Å². The van der Waals surface area contributed by atoms with Crippen molar-refractivity contribution in [2.24, 2.45) is 0 Å². The van der Waals surface area contributed by atoms with E-state index in [9.17, 15) is 4.79 Å². The lowest BCUT2D eigenvalue weighted by atomic mass is 10.1. The molecule has 0 saturated carbocycles. The number of thioether (sulfide) groups is 1. The van der Waals surface area contributed by atoms with Crippen molar-refractivity contribution < 1.29 is 4.79 Å². The Balaban J connectivity index is 1.44. The van der Waals surface area contributed by atoms with E-state index in [1.165, 1.54) is 17.3 Å². The molecule has 1 amide bonds. The molecule has 3 heterocycles. The quantitative estimate of drug-likeness (QED) is 0.655. The number of hydrogen-bond acceptors (Lipinski definition) is 6. The van der Waals surface area contributed by atoms with Gasteiger partial charge in [-0.05, 0) is 31.0 Å². The van der Waals surface area contributed by atoms with Crippen LogP contribution in [0.4, 0.5) is 5.69 Å². The second-order valence-corrected chi connectivity index (χ2v) is 8.84. The third-order valence-electron chi connectivity index (χ3n) is 4.54. The molecule has 0 aliphatic carbocycles. The molecule has 0 spiro atoms. The van der Waals surface area contributed by atoms with Crippen LogP contribution in [0.15, 0.2) is 28.7 Å². The topological polar surface area (TPSA) is 74.8 Å². The molecule has 2 aromatic heterocycles. The van der Waals surface area contributed by atoms with E-state index >= 15 is 0 Å². The molecular weight excluding hydrogens is 378 g/mol. The van der Waals surface area contributed by atoms with Gasteiger partial charge in [0.25, 0.3) is 0 Å². The summed E-state index contributed by atoms with van der Waals surface area (Å²) in [6, 6.07) is 6.25. The molecular formula is C19H21N5OS2. The minimum Gasteiger partial charge on any atom is -0.311 e. The number of fused-ring (bicyclic) bond motifs is 1. The van der Waals surface area contributed by atoms with Crippen LogP contribution in [0.1, 0.15) is 36.2 Å². The molecule has 27 heavy (non-hydrogen) atoms. The van der Waals surface area contributed by atoms with Crippen LogP contribution in [-0.4, -0.2) is 38.4 Å². The number of aromatic amines is 1. The van der Waals surface area contributed by atoms with E-state index in [1.54, 1.807) is 11.3 Å². The third kappa shape index (κ3) is 3.77. The number of benzene rings is 1. The normalized spacial score (nSPS) is 13.4. The van der Waals surface area contributed by atoms with Gasteiger partial charge in [-0.25, -0.2) is 9.97 Å². The minimum atomic E-state index is 0.0897. The Labute approximate surface area is 166 Å². The predicted octanol–water partition coefficient (Wildman–Crippen LogP) is 4.04. The maximum atomic E-state index is 12.7. The molecule has 1 aliphatic heterocycles. The number of nitrogens with zero attached hydrogens (tertiary/aromatic N) is 4. The van der Waals surface area contributed by atoms with Crippen LogP contribution in [0, 0.1) is 6.92 Å². The number of nitrogens with one attached hydrogen (secondary N) is 1. The zero-order chi connectivity index (χ0) is 19.0. The first-order chi connectivity index (χ1) is 13.0. The molecule has 0 atom stereocenters. The van der Waals surface area contributed by atoms with E-state index in [4.69, 9.17) is 0 Å². The van der Waals surface area contributed by atoms with Crippen LogP contribution in [0.2, 0.25) is 0 Å². The Morgan fingerprint density at radius 3 is 2.93 bits per heavy atom. The molecule has 1 aliphatic rings. The first-order valence-corrected chi connectivity index (χ1v) is 10.8. The van der Waals surface area contributed by atoms with Crippen LogP contribution in [-0.2, 0) is 11.2 Å². The third-order valence-corrected chi connectivity index (χ3v) is 6.15. The second-order valence-electron chi connectivity index (χ2n) is 6.84. The lowest BCUT2D eigenvalue weighted by molar-refractivity contribution is -0.116. The number of amides is 1. The van der Waals surface area contributed by atoms with E-state index in [0.717, 1.165) is 40.7 Å². The molecule has 0 radical (unpaired) electrons. The summed E-state index contributed by atoms with van der Waals surface area (Å²) in [6.45, 7) is 6.85. The predicted molar refractivity (Wildman–Crippen MR) is 110 cm³/mol. The summed E-state index contributed by atoms with van der Waals surface area (Å²) in [5.74, 6) is 1.57. The van der Waals surface area contributed by atoms with Crippen molar-refractivity contribution in [2.45, 2.75) is 38.3 Å². The van der Waals surface area contributed by atoms with Gasteiger partial charge in [0, 0.05) is 29.1 Å². The summed E-state index contributed by atoms with van der Waals surface area (Å²) in [5.41, 5.74) is 4.33. The van der Waals surface area contributed by atoms with Gasteiger partial charge < -0.3 is 4.90 Å². The van der Waals surface area contributed by atoms with Gasteiger partial charge in [-0.2, -0.15) is 0 Å². The van der Waals surface area contributed by atoms with E-state index in [0.29, 0.717) is 16.8 Å². The monoisotopic (exact) mass is 399 g/mol. The molecule has 0 saturated heterocycles. The number of hydrogen-bond donors (Lipinski definition) is 1. The standard InChI is InChI=1S/C19H21N5OS2/c1-11(2)18-21-19(23-22-18)27-10-17(25)24-7-6-14-8-13(4-5-16(14)24)15-9-26-12(3)20-15/h4-5,8-9,11H,6-7,10H2,1-3H3,(H,21,22,23). The maximum absolute atomic E-state index is 12.7. The molecule has 140 valence electrons. The summed E-state index contributed by atoms with van der Waals surface area (Å²) in [7, 11) is 0. The molecule has 4 rings (SSSR count). The molecule has 6 nitrogen and oxygen atoms in total. The van der Waals surface area contributed by atoms with Crippen LogP contribution >= 0.6 is 23.1 Å². The fraction of sp³-hybridized carbons (Fsp3) is 0.368. The van der Waals surface area contributed by atoms with E-state index < -0.39 is 0 Å². The molecule has 1 aromatic carbocycles. The van der Waals surface area contributed by atoms with Crippen molar-refractivity contribution in [2.75, 3.05) is 17.2 Å². The summed E-state index contributed by atoms with van der Waals surface area (Å²) in [6.07, 6.45) is 0.876. The smallest absolute Gasteiger partial charge is 0.237 e. The highest BCUT2D eigenvalue weighted by Gasteiger charge is 2.25. The first kappa shape index (κ1) is 18.2. The number of aryl methyl sites for hydroxylation is 1. The van der Waals surface area contributed by atoms with Crippen LogP contribution in [0.3, 0.4) is 0 Å². The highest BCUT2D eigenvalue weighted by Crippen LogP contribution is 2.33. The van der Waals surface area contributed by atoms with Gasteiger partial charge in [0.15, 0.2) is 0 Å². The maximum Gasteiger partial charge on any atom is 0.237 e. The Hall–Kier alpha value is -2.19. The van der Waals surface area contributed by atoms with Crippen LogP contribution < -0.4 is 4.90 Å². The average Bonchev–Trinajstić information content (AvgIpc) is 3.38. The van der Waals surface area contributed by atoms with Gasteiger partial charge in [0.05, 0.1) is 16.5 Å². The summed E-state index contributed by atoms with van der Waals surface area (Å²) in [4.78, 5) is 23.6. The zero-order valence-corrected chi connectivity index (χ0v) is 17.2. The fourth-order valence-corrected chi connectivity index (χ4v) is 4.40. The van der Waals surface area contributed by atoms with Crippen LogP contribution in [0.25, 0.3) is 11.3 Å². The molecule has 0 fully saturated rings. The Morgan fingerprint density at radius 2 is 2.22 bits per heavy atom. The Morgan fingerprint density at radius 1 is 1.37 bits per heavy atom. The lowest BCUT2D eigenvalue weighted by Crippen LogP contribution is -2.30. The Kier molecular flexibility index (Phi) is 5.01. The number of H-pyrrole nitrogens is 1. The van der Waals surface area contributed by atoms with Gasteiger partial charge >= 0.3 is 0 Å². The number of carbonyl (C=O) groups excluding carboxylic acids is 1. The largest absolute Gasteiger partial charge is 0.311 e. The van der Waals surface area contributed by atoms with Crippen molar-refractivity contribution in [3.05, 3.63) is 40.0 Å². The fourth-order valence-electron chi connectivity index (χ4n) is 3.10. The first-order valence-electron chi connectivity index (χ1n) is 8.92. The van der Waals surface area contributed by atoms with Crippen molar-refractivity contribution in [3.8, 4) is 11.3 Å². The van der Waals surface area contributed by atoms with Gasteiger partial charge in [-0.3, -0.25) is 9.89 Å². The zero-order valence-electron chi connectivity index (χ0n) is 15.5. The van der Waals surface area contributed by atoms with Crippen molar-refractivity contribution in [3.63, 3.8) is 0 Å².